The number of rotatable bonds is 6. The third kappa shape index (κ3) is 3.91. The highest BCUT2D eigenvalue weighted by Crippen LogP contribution is 2.26. The maximum atomic E-state index is 14.0. The van der Waals surface area contributed by atoms with Crippen molar-refractivity contribution >= 4 is 16.6 Å². The Bertz CT molecular complexity index is 998. The van der Waals surface area contributed by atoms with Crippen LogP contribution < -0.4 is 0 Å². The van der Waals surface area contributed by atoms with Gasteiger partial charge in [-0.1, -0.05) is 30.9 Å². The summed E-state index contributed by atoms with van der Waals surface area (Å²) >= 11 is 0. The third-order valence-electron chi connectivity index (χ3n) is 3.86. The summed E-state index contributed by atoms with van der Waals surface area (Å²) in [6, 6.07) is 7.66. The van der Waals surface area contributed by atoms with Gasteiger partial charge in [-0.05, 0) is 25.5 Å². The molecule has 0 saturated heterocycles. The van der Waals surface area contributed by atoms with Gasteiger partial charge in [-0.15, -0.1) is 0 Å². The quantitative estimate of drug-likeness (QED) is 0.644. The SMILES string of the molecule is C=C/C=C(\C(F)=C(/C)F)c1cnc(CCc2cnc3ccccc3n2)[nH]1. The minimum atomic E-state index is -0.930. The summed E-state index contributed by atoms with van der Waals surface area (Å²) in [6.45, 7) is 4.61. The lowest BCUT2D eigenvalue weighted by molar-refractivity contribution is 0.559. The summed E-state index contributed by atoms with van der Waals surface area (Å²) < 4.78 is 27.2. The highest BCUT2D eigenvalue weighted by Gasteiger charge is 2.13. The first-order valence-corrected chi connectivity index (χ1v) is 8.18. The van der Waals surface area contributed by atoms with Gasteiger partial charge in [0.25, 0.3) is 0 Å². The van der Waals surface area contributed by atoms with Gasteiger partial charge in [-0.3, -0.25) is 4.98 Å². The number of benzene rings is 1. The number of hydrogen-bond acceptors (Lipinski definition) is 3. The average molecular weight is 352 g/mol. The van der Waals surface area contributed by atoms with E-state index >= 15 is 0 Å². The second kappa shape index (κ2) is 7.82. The van der Waals surface area contributed by atoms with E-state index in [1.165, 1.54) is 18.3 Å². The van der Waals surface area contributed by atoms with Crippen LogP contribution in [0.1, 0.15) is 24.1 Å². The van der Waals surface area contributed by atoms with E-state index in [1.54, 1.807) is 6.20 Å². The first-order chi connectivity index (χ1) is 12.6. The zero-order valence-corrected chi connectivity index (χ0v) is 14.3. The van der Waals surface area contributed by atoms with Gasteiger partial charge in [0.15, 0.2) is 5.83 Å². The van der Waals surface area contributed by atoms with Crippen LogP contribution in [0.15, 0.2) is 67.0 Å². The lowest BCUT2D eigenvalue weighted by Gasteiger charge is -2.03. The molecule has 0 atom stereocenters. The van der Waals surface area contributed by atoms with Crippen molar-refractivity contribution in [1.29, 1.82) is 0 Å². The van der Waals surface area contributed by atoms with Crippen LogP contribution in [0.2, 0.25) is 0 Å². The van der Waals surface area contributed by atoms with E-state index in [4.69, 9.17) is 0 Å². The maximum absolute atomic E-state index is 14.0. The second-order valence-electron chi connectivity index (χ2n) is 5.76. The van der Waals surface area contributed by atoms with Crippen molar-refractivity contribution in [2.45, 2.75) is 19.8 Å². The fourth-order valence-corrected chi connectivity index (χ4v) is 2.57. The van der Waals surface area contributed by atoms with Gasteiger partial charge in [0.05, 0.1) is 28.6 Å². The van der Waals surface area contributed by atoms with Crippen LogP contribution in [-0.2, 0) is 12.8 Å². The standard InChI is InChI=1S/C20H18F2N4/c1-3-6-15(20(22)13(2)21)18-12-24-19(26-18)10-9-14-11-23-16-7-4-5-8-17(16)25-14/h3-8,11-12H,1,9-10H2,2H3,(H,24,26)/b15-6-,20-13-. The summed E-state index contributed by atoms with van der Waals surface area (Å²) in [6.07, 6.45) is 7.25. The molecular formula is C20H18F2N4. The molecule has 0 radical (unpaired) electrons. The Kier molecular flexibility index (Phi) is 5.31. The minimum Gasteiger partial charge on any atom is -0.342 e. The van der Waals surface area contributed by atoms with E-state index in [0.717, 1.165) is 23.7 Å². The Morgan fingerprint density at radius 3 is 2.62 bits per heavy atom. The number of fused-ring (bicyclic) bond motifs is 1. The number of imidazole rings is 1. The summed E-state index contributed by atoms with van der Waals surface area (Å²) in [4.78, 5) is 16.2. The number of halogens is 2. The molecule has 0 unspecified atom stereocenters. The molecule has 26 heavy (non-hydrogen) atoms. The van der Waals surface area contributed by atoms with E-state index in [0.29, 0.717) is 24.4 Å². The molecule has 0 spiro atoms. The molecule has 0 amide bonds. The van der Waals surface area contributed by atoms with Crippen molar-refractivity contribution in [2.75, 3.05) is 0 Å². The van der Waals surface area contributed by atoms with Crippen molar-refractivity contribution in [1.82, 2.24) is 19.9 Å². The normalized spacial score (nSPS) is 13.0. The number of H-pyrrole nitrogens is 1. The zero-order chi connectivity index (χ0) is 18.5. The van der Waals surface area contributed by atoms with Crippen LogP contribution in [-0.4, -0.2) is 19.9 Å². The molecule has 0 aliphatic heterocycles. The molecular weight excluding hydrogens is 334 g/mol. The third-order valence-corrected chi connectivity index (χ3v) is 3.86. The Labute approximate surface area is 150 Å². The fourth-order valence-electron chi connectivity index (χ4n) is 2.57. The molecule has 0 aliphatic carbocycles. The van der Waals surface area contributed by atoms with Crippen LogP contribution in [0.3, 0.4) is 0 Å². The van der Waals surface area contributed by atoms with E-state index < -0.39 is 11.7 Å². The van der Waals surface area contributed by atoms with E-state index in [2.05, 4.69) is 26.5 Å². The van der Waals surface area contributed by atoms with Crippen molar-refractivity contribution in [3.8, 4) is 0 Å². The van der Waals surface area contributed by atoms with Gasteiger partial charge in [0.2, 0.25) is 0 Å². The Morgan fingerprint density at radius 2 is 1.88 bits per heavy atom. The van der Waals surface area contributed by atoms with E-state index in [1.807, 2.05) is 24.3 Å². The van der Waals surface area contributed by atoms with Gasteiger partial charge in [-0.2, -0.15) is 0 Å². The summed E-state index contributed by atoms with van der Waals surface area (Å²) in [7, 11) is 0. The lowest BCUT2D eigenvalue weighted by Crippen LogP contribution is -1.98. The predicted octanol–water partition coefficient (Wildman–Crippen LogP) is 4.88. The zero-order valence-electron chi connectivity index (χ0n) is 14.3. The highest BCUT2D eigenvalue weighted by atomic mass is 19.2. The van der Waals surface area contributed by atoms with Crippen molar-refractivity contribution in [3.63, 3.8) is 0 Å². The number of nitrogens with one attached hydrogen (secondary N) is 1. The predicted molar refractivity (Wildman–Crippen MR) is 98.6 cm³/mol. The average Bonchev–Trinajstić information content (AvgIpc) is 3.12. The maximum Gasteiger partial charge on any atom is 0.163 e. The number of para-hydroxylation sites is 2. The number of aromatic nitrogens is 4. The molecule has 4 nitrogen and oxygen atoms in total. The van der Waals surface area contributed by atoms with Gasteiger partial charge < -0.3 is 4.98 Å². The molecule has 1 aromatic carbocycles. The number of aryl methyl sites for hydroxylation is 2. The van der Waals surface area contributed by atoms with Crippen molar-refractivity contribution < 1.29 is 8.78 Å². The fraction of sp³-hybridized carbons (Fsp3) is 0.150. The van der Waals surface area contributed by atoms with Gasteiger partial charge >= 0.3 is 0 Å². The molecule has 132 valence electrons. The molecule has 6 heteroatoms. The van der Waals surface area contributed by atoms with Crippen molar-refractivity contribution in [3.05, 3.63) is 84.3 Å². The van der Waals surface area contributed by atoms with Crippen LogP contribution >= 0.6 is 0 Å². The molecule has 0 saturated carbocycles. The Hall–Kier alpha value is -3.15. The molecule has 0 aliphatic rings. The molecule has 2 aromatic heterocycles. The largest absolute Gasteiger partial charge is 0.342 e. The van der Waals surface area contributed by atoms with Gasteiger partial charge in [0.1, 0.15) is 11.7 Å². The molecule has 3 aromatic rings. The number of hydrogen-bond donors (Lipinski definition) is 1. The number of allylic oxidation sites excluding steroid dienone is 5. The molecule has 0 bridgehead atoms. The van der Waals surface area contributed by atoms with Crippen LogP contribution in [0.25, 0.3) is 16.6 Å². The summed E-state index contributed by atoms with van der Waals surface area (Å²) in [5.74, 6) is -1.16. The molecule has 3 rings (SSSR count). The first kappa shape index (κ1) is 17.7. The minimum absolute atomic E-state index is 0.0873. The van der Waals surface area contributed by atoms with Gasteiger partial charge in [-0.25, -0.2) is 18.7 Å². The Morgan fingerprint density at radius 1 is 1.12 bits per heavy atom. The summed E-state index contributed by atoms with van der Waals surface area (Å²) in [5, 5.41) is 0. The second-order valence-corrected chi connectivity index (χ2v) is 5.76. The lowest BCUT2D eigenvalue weighted by atomic mass is 10.1. The van der Waals surface area contributed by atoms with Crippen LogP contribution in [0.4, 0.5) is 8.78 Å². The molecule has 1 N–H and O–H groups in total. The first-order valence-electron chi connectivity index (χ1n) is 8.18. The smallest absolute Gasteiger partial charge is 0.163 e. The summed E-state index contributed by atoms with van der Waals surface area (Å²) in [5.41, 5.74) is 3.02. The van der Waals surface area contributed by atoms with Gasteiger partial charge in [0, 0.05) is 18.2 Å². The van der Waals surface area contributed by atoms with Crippen LogP contribution in [0.5, 0.6) is 0 Å². The highest BCUT2D eigenvalue weighted by molar-refractivity contribution is 5.76. The topological polar surface area (TPSA) is 54.5 Å². The number of nitrogens with zero attached hydrogens (tertiary/aromatic N) is 3. The monoisotopic (exact) mass is 352 g/mol. The van der Waals surface area contributed by atoms with Crippen molar-refractivity contribution in [2.24, 2.45) is 0 Å². The van der Waals surface area contributed by atoms with Crippen LogP contribution in [0, 0.1) is 0 Å². The number of aromatic amines is 1. The van der Waals surface area contributed by atoms with E-state index in [9.17, 15) is 8.78 Å². The molecule has 0 fully saturated rings. The van der Waals surface area contributed by atoms with E-state index in [-0.39, 0.29) is 5.57 Å². The molecule has 2 heterocycles. The Balaban J connectivity index is 1.76.